The van der Waals surface area contributed by atoms with Gasteiger partial charge in [0.1, 0.15) is 5.82 Å². The third-order valence-electron chi connectivity index (χ3n) is 1.32. The van der Waals surface area contributed by atoms with Gasteiger partial charge in [0.25, 0.3) is 0 Å². The molecule has 0 aliphatic heterocycles. The summed E-state index contributed by atoms with van der Waals surface area (Å²) in [6.45, 7) is -1.32. The van der Waals surface area contributed by atoms with E-state index >= 15 is 0 Å². The molecule has 0 aliphatic rings. The lowest BCUT2D eigenvalue weighted by atomic mass is 10.3. The van der Waals surface area contributed by atoms with Crippen molar-refractivity contribution >= 4 is 21.7 Å². The highest BCUT2D eigenvalue weighted by molar-refractivity contribution is 9.10. The minimum Gasteiger partial charge on any atom is -0.432 e. The van der Waals surface area contributed by atoms with Crippen molar-refractivity contribution in [3.8, 4) is 5.75 Å². The molecule has 0 spiro atoms. The van der Waals surface area contributed by atoms with Crippen molar-refractivity contribution in [1.29, 1.82) is 0 Å². The summed E-state index contributed by atoms with van der Waals surface area (Å²) in [6, 6.07) is 1.41. The van der Waals surface area contributed by atoms with Gasteiger partial charge in [-0.25, -0.2) is 4.98 Å². The van der Waals surface area contributed by atoms with Crippen LogP contribution in [0.2, 0.25) is 0 Å². The Morgan fingerprint density at radius 2 is 2.23 bits per heavy atom. The average molecular weight is 253 g/mol. The van der Waals surface area contributed by atoms with Crippen LogP contribution >= 0.6 is 15.9 Å². The Balaban J connectivity index is 3.06. The second-order valence-electron chi connectivity index (χ2n) is 2.32. The minimum atomic E-state index is -2.86. The van der Waals surface area contributed by atoms with Gasteiger partial charge in [0, 0.05) is 0 Å². The highest BCUT2D eigenvalue weighted by Crippen LogP contribution is 2.30. The summed E-state index contributed by atoms with van der Waals surface area (Å²) in [7, 11) is 0. The number of aromatic nitrogens is 1. The van der Waals surface area contributed by atoms with Gasteiger partial charge >= 0.3 is 6.61 Å². The molecule has 0 aliphatic carbocycles. The lowest BCUT2D eigenvalue weighted by Gasteiger charge is -2.09. The highest BCUT2D eigenvalue weighted by atomic mass is 79.9. The van der Waals surface area contributed by atoms with E-state index in [-0.39, 0.29) is 11.6 Å². The average Bonchev–Trinajstić information content (AvgIpc) is 1.96. The maximum Gasteiger partial charge on any atom is 0.387 e. The predicted octanol–water partition coefficient (Wildman–Crippen LogP) is 2.34. The van der Waals surface area contributed by atoms with Gasteiger partial charge in [0.15, 0.2) is 5.75 Å². The van der Waals surface area contributed by atoms with E-state index in [1.54, 1.807) is 6.92 Å². The van der Waals surface area contributed by atoms with Crippen molar-refractivity contribution < 1.29 is 13.5 Å². The number of hydrogen-bond acceptors (Lipinski definition) is 3. The van der Waals surface area contributed by atoms with E-state index in [1.807, 2.05) is 0 Å². The van der Waals surface area contributed by atoms with Crippen LogP contribution in [0.4, 0.5) is 14.6 Å². The van der Waals surface area contributed by atoms with E-state index in [4.69, 9.17) is 5.73 Å². The zero-order chi connectivity index (χ0) is 10.0. The fraction of sp³-hybridized carbons (Fsp3) is 0.286. The molecule has 0 radical (unpaired) electrons. The van der Waals surface area contributed by atoms with Gasteiger partial charge in [-0.2, -0.15) is 8.78 Å². The summed E-state index contributed by atoms with van der Waals surface area (Å²) in [5.41, 5.74) is 5.70. The molecule has 1 aromatic rings. The van der Waals surface area contributed by atoms with Crippen molar-refractivity contribution in [3.05, 3.63) is 16.2 Å². The molecule has 1 rings (SSSR count). The number of halogens is 3. The lowest BCUT2D eigenvalue weighted by molar-refractivity contribution is -0.0510. The van der Waals surface area contributed by atoms with Crippen LogP contribution in [0.3, 0.4) is 0 Å². The number of nitrogen functional groups attached to an aromatic ring is 1. The Morgan fingerprint density at radius 1 is 1.62 bits per heavy atom. The molecular weight excluding hydrogens is 246 g/mol. The molecule has 72 valence electrons. The Labute approximate surface area is 82.0 Å². The van der Waals surface area contributed by atoms with Gasteiger partial charge in [0.05, 0.1) is 10.2 Å². The Hall–Kier alpha value is -0.910. The highest BCUT2D eigenvalue weighted by Gasteiger charge is 2.12. The van der Waals surface area contributed by atoms with E-state index in [9.17, 15) is 8.78 Å². The predicted molar refractivity (Wildman–Crippen MR) is 47.7 cm³/mol. The van der Waals surface area contributed by atoms with Crippen LogP contribution in [-0.2, 0) is 0 Å². The zero-order valence-corrected chi connectivity index (χ0v) is 8.31. The van der Waals surface area contributed by atoms with Gasteiger partial charge in [-0.3, -0.25) is 0 Å². The van der Waals surface area contributed by atoms with Gasteiger partial charge in [-0.05, 0) is 28.9 Å². The van der Waals surface area contributed by atoms with Crippen LogP contribution in [0.1, 0.15) is 5.69 Å². The van der Waals surface area contributed by atoms with Crippen LogP contribution in [0.5, 0.6) is 5.75 Å². The number of nitrogens with two attached hydrogens (primary N) is 1. The van der Waals surface area contributed by atoms with Crippen molar-refractivity contribution in [2.45, 2.75) is 13.5 Å². The number of pyridine rings is 1. The number of alkyl halides is 2. The second-order valence-corrected chi connectivity index (χ2v) is 3.18. The summed E-state index contributed by atoms with van der Waals surface area (Å²) < 4.78 is 28.4. The summed E-state index contributed by atoms with van der Waals surface area (Å²) in [6.07, 6.45) is 0. The molecule has 0 bridgehead atoms. The maximum atomic E-state index is 11.9. The molecule has 0 saturated heterocycles. The fourth-order valence-electron chi connectivity index (χ4n) is 0.876. The fourth-order valence-corrected chi connectivity index (χ4v) is 1.49. The van der Waals surface area contributed by atoms with Crippen molar-refractivity contribution in [2.24, 2.45) is 0 Å². The monoisotopic (exact) mass is 252 g/mol. The zero-order valence-electron chi connectivity index (χ0n) is 6.72. The van der Waals surface area contributed by atoms with Crippen LogP contribution in [0.25, 0.3) is 0 Å². The van der Waals surface area contributed by atoms with Gasteiger partial charge in [-0.15, -0.1) is 0 Å². The summed E-state index contributed by atoms with van der Waals surface area (Å²) in [5.74, 6) is 0.273. The minimum absolute atomic E-state index is 0.0178. The Morgan fingerprint density at radius 3 is 2.69 bits per heavy atom. The quantitative estimate of drug-likeness (QED) is 0.879. The standard InChI is InChI=1S/C7H7BrF2N2O/c1-3-6(13-7(9)10)4(8)2-5(11)12-3/h2,7H,1H3,(H2,11,12). The first-order valence-electron chi connectivity index (χ1n) is 3.38. The van der Waals surface area contributed by atoms with E-state index < -0.39 is 6.61 Å². The summed E-state index contributed by atoms with van der Waals surface area (Å²) >= 11 is 3.05. The lowest BCUT2D eigenvalue weighted by Crippen LogP contribution is -2.06. The number of rotatable bonds is 2. The molecule has 3 nitrogen and oxygen atoms in total. The third kappa shape index (κ3) is 2.51. The number of aryl methyl sites for hydroxylation is 1. The maximum absolute atomic E-state index is 11.9. The topological polar surface area (TPSA) is 48.1 Å². The van der Waals surface area contributed by atoms with E-state index in [2.05, 4.69) is 25.7 Å². The molecule has 0 fully saturated rings. The molecule has 13 heavy (non-hydrogen) atoms. The third-order valence-corrected chi connectivity index (χ3v) is 1.91. The van der Waals surface area contributed by atoms with E-state index in [0.29, 0.717) is 10.2 Å². The molecule has 0 saturated carbocycles. The molecule has 1 heterocycles. The molecule has 0 unspecified atom stereocenters. The number of anilines is 1. The van der Waals surface area contributed by atoms with Crippen LogP contribution < -0.4 is 10.5 Å². The van der Waals surface area contributed by atoms with E-state index in [0.717, 1.165) is 0 Å². The number of hydrogen-bond donors (Lipinski definition) is 1. The van der Waals surface area contributed by atoms with Crippen molar-refractivity contribution in [3.63, 3.8) is 0 Å². The van der Waals surface area contributed by atoms with Gasteiger partial charge in [-0.1, -0.05) is 0 Å². The Bertz CT molecular complexity index is 296. The number of ether oxygens (including phenoxy) is 1. The molecule has 0 amide bonds. The molecule has 0 aromatic carbocycles. The number of nitrogens with zero attached hydrogens (tertiary/aromatic N) is 1. The first-order valence-corrected chi connectivity index (χ1v) is 4.17. The van der Waals surface area contributed by atoms with Crippen LogP contribution in [0, 0.1) is 6.92 Å². The summed E-state index contributed by atoms with van der Waals surface area (Å²) in [5, 5.41) is 0. The normalized spacial score (nSPS) is 10.5. The first kappa shape index (κ1) is 10.2. The smallest absolute Gasteiger partial charge is 0.387 e. The van der Waals surface area contributed by atoms with Crippen molar-refractivity contribution in [2.75, 3.05) is 5.73 Å². The second kappa shape index (κ2) is 3.87. The van der Waals surface area contributed by atoms with Crippen molar-refractivity contribution in [1.82, 2.24) is 4.98 Å². The largest absolute Gasteiger partial charge is 0.432 e. The summed E-state index contributed by atoms with van der Waals surface area (Å²) in [4.78, 5) is 3.78. The van der Waals surface area contributed by atoms with Gasteiger partial charge in [0.2, 0.25) is 0 Å². The van der Waals surface area contributed by atoms with E-state index in [1.165, 1.54) is 6.07 Å². The molecule has 1 aromatic heterocycles. The van der Waals surface area contributed by atoms with Crippen LogP contribution in [-0.4, -0.2) is 11.6 Å². The first-order chi connectivity index (χ1) is 6.00. The molecule has 2 N–H and O–H groups in total. The molecule has 6 heteroatoms. The van der Waals surface area contributed by atoms with Crippen LogP contribution in [0.15, 0.2) is 10.5 Å². The Kier molecular flexibility index (Phi) is 3.02. The molecular formula is C7H7BrF2N2O. The SMILES string of the molecule is Cc1nc(N)cc(Br)c1OC(F)F. The van der Waals surface area contributed by atoms with Gasteiger partial charge < -0.3 is 10.5 Å². The molecule has 0 atom stereocenters.